The Kier molecular flexibility index (Phi) is 7.60. The van der Waals surface area contributed by atoms with Crippen LogP contribution in [0.3, 0.4) is 0 Å². The summed E-state index contributed by atoms with van der Waals surface area (Å²) in [7, 11) is 1.62. The molecule has 40 heavy (non-hydrogen) atoms. The molecule has 1 spiro atoms. The van der Waals surface area contributed by atoms with Crippen molar-refractivity contribution in [3.05, 3.63) is 92.6 Å². The molecule has 0 aliphatic carbocycles. The Bertz CT molecular complexity index is 1570. The number of anilines is 2. The van der Waals surface area contributed by atoms with Crippen LogP contribution in [0, 0.1) is 11.2 Å². The van der Waals surface area contributed by atoms with E-state index in [1.807, 2.05) is 0 Å². The van der Waals surface area contributed by atoms with E-state index in [4.69, 9.17) is 11.6 Å². The van der Waals surface area contributed by atoms with Crippen molar-refractivity contribution in [3.63, 3.8) is 0 Å². The molecule has 2 aliphatic rings. The van der Waals surface area contributed by atoms with Crippen molar-refractivity contribution in [2.75, 3.05) is 10.6 Å². The minimum atomic E-state index is -1.30. The van der Waals surface area contributed by atoms with Crippen LogP contribution in [-0.2, 0) is 26.5 Å². The van der Waals surface area contributed by atoms with Gasteiger partial charge in [-0.15, -0.1) is 0 Å². The third-order valence-electron chi connectivity index (χ3n) is 7.86. The first kappa shape index (κ1) is 28.8. The van der Waals surface area contributed by atoms with Crippen LogP contribution < -0.4 is 21.5 Å². The first-order chi connectivity index (χ1) is 18.9. The molecule has 1 aromatic heterocycles. The second kappa shape index (κ2) is 10.6. The summed E-state index contributed by atoms with van der Waals surface area (Å²) < 4.78 is 18.0. The largest absolute Gasteiger partial charge is 0.325 e. The van der Waals surface area contributed by atoms with Crippen LogP contribution in [0.25, 0.3) is 0 Å². The Morgan fingerprint density at radius 2 is 1.93 bits per heavy atom. The SMILES string of the molecule is Cn1ccc(NC(=O)[C@@H]2N[C@@H](CC(C)(C)C)[C@@]3(C(=O)Nc4cc(Cl)ccc43)[C@H]2c2cccc(CI)c2F)cc1=O. The highest BCUT2D eigenvalue weighted by molar-refractivity contribution is 14.1. The van der Waals surface area contributed by atoms with E-state index in [1.54, 1.807) is 55.7 Å². The predicted molar refractivity (Wildman–Crippen MR) is 164 cm³/mol. The number of halogens is 3. The highest BCUT2D eigenvalue weighted by Crippen LogP contribution is 2.57. The summed E-state index contributed by atoms with van der Waals surface area (Å²) in [6.45, 7) is 6.20. The van der Waals surface area contributed by atoms with Gasteiger partial charge in [0.1, 0.15) is 11.2 Å². The Hall–Kier alpha value is -2.76. The number of nitrogens with zero attached hydrogens (tertiary/aromatic N) is 1. The third kappa shape index (κ3) is 4.86. The number of fused-ring (bicyclic) bond motifs is 2. The summed E-state index contributed by atoms with van der Waals surface area (Å²) in [6.07, 6.45) is 2.09. The topological polar surface area (TPSA) is 92.2 Å². The second-order valence-electron chi connectivity index (χ2n) is 11.8. The molecule has 210 valence electrons. The first-order valence-electron chi connectivity index (χ1n) is 13.0. The molecule has 3 heterocycles. The van der Waals surface area contributed by atoms with E-state index < -0.39 is 35.1 Å². The summed E-state index contributed by atoms with van der Waals surface area (Å²) in [4.78, 5) is 40.5. The molecule has 0 unspecified atom stereocenters. The lowest BCUT2D eigenvalue weighted by Gasteiger charge is -2.37. The highest BCUT2D eigenvalue weighted by Gasteiger charge is 2.66. The van der Waals surface area contributed by atoms with Gasteiger partial charge in [-0.05, 0) is 46.7 Å². The van der Waals surface area contributed by atoms with Crippen molar-refractivity contribution < 1.29 is 14.0 Å². The van der Waals surface area contributed by atoms with Crippen molar-refractivity contribution in [3.8, 4) is 0 Å². The van der Waals surface area contributed by atoms with Crippen LogP contribution in [0.5, 0.6) is 0 Å². The lowest BCUT2D eigenvalue weighted by Crippen LogP contribution is -2.49. The third-order valence-corrected chi connectivity index (χ3v) is 8.92. The zero-order chi connectivity index (χ0) is 29.0. The molecule has 4 atom stereocenters. The fraction of sp³-hybridized carbons (Fsp3) is 0.367. The van der Waals surface area contributed by atoms with Crippen molar-refractivity contribution in [2.24, 2.45) is 12.5 Å². The minimum absolute atomic E-state index is 0.232. The fourth-order valence-corrected chi connectivity index (χ4v) is 6.94. The number of amides is 2. The quantitative estimate of drug-likeness (QED) is 0.246. The standard InChI is InChI=1S/C30H31ClFIN4O3/c1-29(2,3)14-22-30(20-9-8-17(31)12-21(20)35-28(30)40)24(19-7-5-6-16(15-33)25(19)32)26(36-22)27(39)34-18-10-11-37(4)23(38)13-18/h5-13,22,24,26,36H,14-15H2,1-4H3,(H,34,39)(H,35,40)/t22-,24-,26+,30+/m0/s1. The lowest BCUT2D eigenvalue weighted by atomic mass is 9.62. The van der Waals surface area contributed by atoms with E-state index in [0.29, 0.717) is 43.9 Å². The number of rotatable bonds is 5. The maximum atomic E-state index is 16.2. The number of benzene rings is 2. The van der Waals surface area contributed by atoms with Gasteiger partial charge < -0.3 is 20.5 Å². The second-order valence-corrected chi connectivity index (χ2v) is 13.0. The number of nitrogens with one attached hydrogen (secondary N) is 3. The number of pyridine rings is 1. The highest BCUT2D eigenvalue weighted by atomic mass is 127. The Morgan fingerprint density at radius 3 is 2.60 bits per heavy atom. The number of alkyl halides is 1. The molecule has 10 heteroatoms. The molecule has 2 aromatic carbocycles. The van der Waals surface area contributed by atoms with Crippen molar-refractivity contribution >= 4 is 57.4 Å². The number of aryl methyl sites for hydroxylation is 1. The van der Waals surface area contributed by atoms with Crippen molar-refractivity contribution in [1.29, 1.82) is 0 Å². The van der Waals surface area contributed by atoms with Crippen LogP contribution in [0.4, 0.5) is 15.8 Å². The fourth-order valence-electron chi connectivity index (χ4n) is 6.18. The van der Waals surface area contributed by atoms with Crippen LogP contribution in [-0.4, -0.2) is 28.5 Å². The molecule has 0 saturated carbocycles. The summed E-state index contributed by atoms with van der Waals surface area (Å²) in [5.74, 6) is -2.08. The monoisotopic (exact) mass is 676 g/mol. The van der Waals surface area contributed by atoms with Gasteiger partial charge in [0.25, 0.3) is 5.56 Å². The Morgan fingerprint density at radius 1 is 1.18 bits per heavy atom. The van der Waals surface area contributed by atoms with E-state index in [0.717, 1.165) is 0 Å². The number of aromatic nitrogens is 1. The average Bonchev–Trinajstić information content (AvgIpc) is 3.35. The van der Waals surface area contributed by atoms with Gasteiger partial charge in [0.05, 0.1) is 6.04 Å². The van der Waals surface area contributed by atoms with Gasteiger partial charge in [0.2, 0.25) is 11.8 Å². The summed E-state index contributed by atoms with van der Waals surface area (Å²) >= 11 is 8.41. The maximum Gasteiger partial charge on any atom is 0.252 e. The number of hydrogen-bond acceptors (Lipinski definition) is 4. The summed E-state index contributed by atoms with van der Waals surface area (Å²) in [5, 5.41) is 9.77. The molecule has 1 fully saturated rings. The normalized spacial score (nSPS) is 23.8. The van der Waals surface area contributed by atoms with Gasteiger partial charge in [-0.25, -0.2) is 4.39 Å². The Balaban J connectivity index is 1.74. The van der Waals surface area contributed by atoms with E-state index in [-0.39, 0.29) is 16.9 Å². The average molecular weight is 677 g/mol. The summed E-state index contributed by atoms with van der Waals surface area (Å²) in [6, 6.07) is 11.8. The van der Waals surface area contributed by atoms with Crippen LogP contribution in [0.1, 0.15) is 49.8 Å². The van der Waals surface area contributed by atoms with Crippen LogP contribution in [0.15, 0.2) is 59.5 Å². The maximum absolute atomic E-state index is 16.2. The predicted octanol–water partition coefficient (Wildman–Crippen LogP) is 5.50. The number of carbonyl (C=O) groups is 2. The molecule has 0 radical (unpaired) electrons. The zero-order valence-electron chi connectivity index (χ0n) is 22.6. The van der Waals surface area contributed by atoms with E-state index in [2.05, 4.69) is 59.3 Å². The molecule has 2 aliphatic heterocycles. The van der Waals surface area contributed by atoms with E-state index in [9.17, 15) is 14.4 Å². The number of carbonyl (C=O) groups excluding carboxylic acids is 2. The van der Waals surface area contributed by atoms with Gasteiger partial charge >= 0.3 is 0 Å². The molecule has 2 amide bonds. The molecule has 0 bridgehead atoms. The van der Waals surface area contributed by atoms with Crippen LogP contribution in [0.2, 0.25) is 5.02 Å². The molecule has 5 rings (SSSR count). The summed E-state index contributed by atoms with van der Waals surface area (Å²) in [5.41, 5.74) is 0.534. The van der Waals surface area contributed by atoms with Gasteiger partial charge in [-0.1, -0.05) is 79.2 Å². The zero-order valence-corrected chi connectivity index (χ0v) is 25.6. The van der Waals surface area contributed by atoms with Crippen molar-refractivity contribution in [1.82, 2.24) is 9.88 Å². The molecule has 1 saturated heterocycles. The van der Waals surface area contributed by atoms with Gasteiger partial charge in [0, 0.05) is 52.1 Å². The molecule has 3 aromatic rings. The van der Waals surface area contributed by atoms with Crippen LogP contribution >= 0.6 is 34.2 Å². The Labute approximate surface area is 251 Å². The van der Waals surface area contributed by atoms with E-state index in [1.165, 1.54) is 10.6 Å². The lowest BCUT2D eigenvalue weighted by molar-refractivity contribution is -0.122. The minimum Gasteiger partial charge on any atom is -0.325 e. The molecule has 7 nitrogen and oxygen atoms in total. The molecular weight excluding hydrogens is 646 g/mol. The van der Waals surface area contributed by atoms with E-state index >= 15 is 4.39 Å². The van der Waals surface area contributed by atoms with Gasteiger partial charge in [0.15, 0.2) is 0 Å². The molecular formula is C30H31ClFIN4O3. The number of hydrogen-bond donors (Lipinski definition) is 3. The smallest absolute Gasteiger partial charge is 0.252 e. The molecule has 3 N–H and O–H groups in total. The first-order valence-corrected chi connectivity index (χ1v) is 15.0. The van der Waals surface area contributed by atoms with Gasteiger partial charge in [-0.2, -0.15) is 0 Å². The van der Waals surface area contributed by atoms with Gasteiger partial charge in [-0.3, -0.25) is 14.4 Å². The van der Waals surface area contributed by atoms with Crippen molar-refractivity contribution in [2.45, 2.75) is 55.0 Å².